The van der Waals surface area contributed by atoms with E-state index >= 15 is 0 Å². The highest BCUT2D eigenvalue weighted by Gasteiger charge is 2.05. The third kappa shape index (κ3) is 4.16. The average molecular weight is 304 g/mol. The van der Waals surface area contributed by atoms with Gasteiger partial charge in [0.15, 0.2) is 11.5 Å². The third-order valence-electron chi connectivity index (χ3n) is 3.22. The monoisotopic (exact) mass is 304 g/mol. The van der Waals surface area contributed by atoms with Crippen LogP contribution < -0.4 is 9.47 Å². The maximum Gasteiger partial charge on any atom is 0.161 e. The van der Waals surface area contributed by atoms with Crippen LogP contribution >= 0.6 is 11.8 Å². The van der Waals surface area contributed by atoms with Crippen LogP contribution in [0.1, 0.15) is 24.2 Å². The molecule has 0 fully saturated rings. The van der Waals surface area contributed by atoms with Gasteiger partial charge in [-0.05, 0) is 42.3 Å². The van der Waals surface area contributed by atoms with E-state index in [-0.39, 0.29) is 0 Å². The second-order valence-corrected chi connectivity index (χ2v) is 5.77. The molecule has 0 bridgehead atoms. The Morgan fingerprint density at radius 1 is 1.00 bits per heavy atom. The average Bonchev–Trinajstić information content (AvgIpc) is 2.52. The van der Waals surface area contributed by atoms with Crippen molar-refractivity contribution in [2.75, 3.05) is 14.2 Å². The highest BCUT2D eigenvalue weighted by Crippen LogP contribution is 2.31. The summed E-state index contributed by atoms with van der Waals surface area (Å²) >= 11 is 1.75. The molecule has 0 saturated carbocycles. The largest absolute Gasteiger partial charge is 0.493 e. The Morgan fingerprint density at radius 3 is 2.24 bits per heavy atom. The van der Waals surface area contributed by atoms with Crippen molar-refractivity contribution in [1.29, 1.82) is 0 Å². The molecular formula is C17H20O3S. The minimum Gasteiger partial charge on any atom is -0.493 e. The molecule has 0 aliphatic heterocycles. The van der Waals surface area contributed by atoms with Gasteiger partial charge in [0, 0.05) is 10.6 Å². The zero-order chi connectivity index (χ0) is 15.2. The highest BCUT2D eigenvalue weighted by molar-refractivity contribution is 7.98. The van der Waals surface area contributed by atoms with E-state index in [1.165, 1.54) is 10.5 Å². The Bertz CT molecular complexity index is 579. The topological polar surface area (TPSA) is 38.7 Å². The standard InChI is InChI=1S/C17H20O3S/c1-12(18)14-5-7-15(8-6-14)21-11-13-4-9-16(19-2)17(10-13)20-3/h4-10,12,18H,11H2,1-3H3. The van der Waals surface area contributed by atoms with Gasteiger partial charge in [-0.15, -0.1) is 11.8 Å². The molecule has 0 aliphatic rings. The van der Waals surface area contributed by atoms with Gasteiger partial charge in [0.1, 0.15) is 0 Å². The fraction of sp³-hybridized carbons (Fsp3) is 0.294. The van der Waals surface area contributed by atoms with E-state index in [1.54, 1.807) is 32.9 Å². The number of aliphatic hydroxyl groups excluding tert-OH is 1. The number of benzene rings is 2. The number of methoxy groups -OCH3 is 2. The van der Waals surface area contributed by atoms with Gasteiger partial charge in [0.2, 0.25) is 0 Å². The van der Waals surface area contributed by atoms with Gasteiger partial charge >= 0.3 is 0 Å². The van der Waals surface area contributed by atoms with E-state index in [9.17, 15) is 5.11 Å². The third-order valence-corrected chi connectivity index (χ3v) is 4.30. The summed E-state index contributed by atoms with van der Waals surface area (Å²) in [6.07, 6.45) is -0.421. The van der Waals surface area contributed by atoms with E-state index in [0.717, 1.165) is 22.8 Å². The maximum atomic E-state index is 9.50. The van der Waals surface area contributed by atoms with Crippen molar-refractivity contribution in [3.63, 3.8) is 0 Å². The number of hydrogen-bond acceptors (Lipinski definition) is 4. The van der Waals surface area contributed by atoms with Crippen molar-refractivity contribution in [3.8, 4) is 11.5 Å². The van der Waals surface area contributed by atoms with E-state index in [0.29, 0.717) is 0 Å². The van der Waals surface area contributed by atoms with Gasteiger partial charge < -0.3 is 14.6 Å². The number of thioether (sulfide) groups is 1. The summed E-state index contributed by atoms with van der Waals surface area (Å²) in [5.74, 6) is 2.35. The zero-order valence-electron chi connectivity index (χ0n) is 12.5. The van der Waals surface area contributed by atoms with Crippen LogP contribution in [0.3, 0.4) is 0 Å². The van der Waals surface area contributed by atoms with Crippen LogP contribution in [0.4, 0.5) is 0 Å². The Labute approximate surface area is 129 Å². The summed E-state index contributed by atoms with van der Waals surface area (Å²) < 4.78 is 10.5. The van der Waals surface area contributed by atoms with Crippen LogP contribution in [0.5, 0.6) is 11.5 Å². The van der Waals surface area contributed by atoms with Crippen LogP contribution in [-0.4, -0.2) is 19.3 Å². The van der Waals surface area contributed by atoms with Crippen molar-refractivity contribution in [1.82, 2.24) is 0 Å². The summed E-state index contributed by atoms with van der Waals surface area (Å²) in [7, 11) is 3.28. The van der Waals surface area contributed by atoms with Crippen molar-refractivity contribution in [3.05, 3.63) is 53.6 Å². The van der Waals surface area contributed by atoms with Crippen LogP contribution in [0, 0.1) is 0 Å². The summed E-state index contributed by atoms with van der Waals surface area (Å²) in [5.41, 5.74) is 2.11. The first-order valence-corrected chi connectivity index (χ1v) is 7.74. The van der Waals surface area contributed by atoms with Crippen molar-refractivity contribution < 1.29 is 14.6 Å². The van der Waals surface area contributed by atoms with E-state index < -0.39 is 6.10 Å². The minimum atomic E-state index is -0.421. The Morgan fingerprint density at radius 2 is 1.67 bits per heavy atom. The van der Waals surface area contributed by atoms with E-state index in [2.05, 4.69) is 0 Å². The molecule has 0 radical (unpaired) electrons. The van der Waals surface area contributed by atoms with Crippen LogP contribution in [-0.2, 0) is 5.75 Å². The molecule has 2 aromatic carbocycles. The molecule has 3 nitrogen and oxygen atoms in total. The van der Waals surface area contributed by atoms with Crippen LogP contribution in [0.25, 0.3) is 0 Å². The lowest BCUT2D eigenvalue weighted by Gasteiger charge is -2.10. The lowest BCUT2D eigenvalue weighted by Crippen LogP contribution is -1.92. The maximum absolute atomic E-state index is 9.50. The number of rotatable bonds is 6. The molecule has 0 amide bonds. The summed E-state index contributed by atoms with van der Waals surface area (Å²) in [4.78, 5) is 1.18. The Kier molecular flexibility index (Phi) is 5.53. The second kappa shape index (κ2) is 7.38. The minimum absolute atomic E-state index is 0.421. The number of hydrogen-bond donors (Lipinski definition) is 1. The van der Waals surface area contributed by atoms with E-state index in [1.807, 2.05) is 42.5 Å². The number of ether oxygens (including phenoxy) is 2. The predicted octanol–water partition coefficient (Wildman–Crippen LogP) is 4.05. The normalized spacial score (nSPS) is 12.0. The van der Waals surface area contributed by atoms with Crippen molar-refractivity contribution in [2.45, 2.75) is 23.7 Å². The van der Waals surface area contributed by atoms with Crippen molar-refractivity contribution in [2.24, 2.45) is 0 Å². The molecule has 21 heavy (non-hydrogen) atoms. The highest BCUT2D eigenvalue weighted by atomic mass is 32.2. The first-order valence-electron chi connectivity index (χ1n) is 6.75. The SMILES string of the molecule is COc1ccc(CSc2ccc(C(C)O)cc2)cc1OC. The molecule has 0 aliphatic carbocycles. The van der Waals surface area contributed by atoms with Gasteiger partial charge in [0.05, 0.1) is 20.3 Å². The number of aliphatic hydroxyl groups is 1. The molecular weight excluding hydrogens is 284 g/mol. The van der Waals surface area contributed by atoms with Gasteiger partial charge in [-0.2, -0.15) is 0 Å². The zero-order valence-corrected chi connectivity index (χ0v) is 13.3. The molecule has 2 aromatic rings. The Balaban J connectivity index is 2.02. The lowest BCUT2D eigenvalue weighted by atomic mass is 10.1. The first kappa shape index (κ1) is 15.7. The molecule has 0 saturated heterocycles. The van der Waals surface area contributed by atoms with E-state index in [4.69, 9.17) is 9.47 Å². The first-order chi connectivity index (χ1) is 10.1. The fourth-order valence-corrected chi connectivity index (χ4v) is 2.82. The fourth-order valence-electron chi connectivity index (χ4n) is 1.98. The molecule has 0 aromatic heterocycles. The van der Waals surface area contributed by atoms with Crippen LogP contribution in [0.2, 0.25) is 0 Å². The molecule has 1 atom stereocenters. The van der Waals surface area contributed by atoms with Crippen molar-refractivity contribution >= 4 is 11.8 Å². The summed E-state index contributed by atoms with van der Waals surface area (Å²) in [6, 6.07) is 13.9. The quantitative estimate of drug-likeness (QED) is 0.817. The summed E-state index contributed by atoms with van der Waals surface area (Å²) in [5, 5.41) is 9.50. The summed E-state index contributed by atoms with van der Waals surface area (Å²) in [6.45, 7) is 1.77. The predicted molar refractivity (Wildman–Crippen MR) is 86.2 cm³/mol. The Hall–Kier alpha value is -1.65. The smallest absolute Gasteiger partial charge is 0.161 e. The molecule has 1 N–H and O–H groups in total. The molecule has 2 rings (SSSR count). The van der Waals surface area contributed by atoms with Gasteiger partial charge in [0.25, 0.3) is 0 Å². The van der Waals surface area contributed by atoms with Gasteiger partial charge in [-0.3, -0.25) is 0 Å². The van der Waals surface area contributed by atoms with Crippen LogP contribution in [0.15, 0.2) is 47.4 Å². The molecule has 4 heteroatoms. The second-order valence-electron chi connectivity index (χ2n) is 4.72. The molecule has 112 valence electrons. The molecule has 0 heterocycles. The van der Waals surface area contributed by atoms with Gasteiger partial charge in [-0.25, -0.2) is 0 Å². The molecule has 1 unspecified atom stereocenters. The molecule has 0 spiro atoms. The lowest BCUT2D eigenvalue weighted by molar-refractivity contribution is 0.199. The van der Waals surface area contributed by atoms with Gasteiger partial charge in [-0.1, -0.05) is 18.2 Å².